The smallest absolute Gasteiger partial charge is 0.0451 e. The lowest BCUT2D eigenvalue weighted by molar-refractivity contribution is 0.142. The summed E-state index contributed by atoms with van der Waals surface area (Å²) in [5.41, 5.74) is 4.06. The highest BCUT2D eigenvalue weighted by Crippen LogP contribution is 2.16. The second kappa shape index (κ2) is 8.43. The summed E-state index contributed by atoms with van der Waals surface area (Å²) in [6.45, 7) is 8.79. The van der Waals surface area contributed by atoms with Gasteiger partial charge in [0.05, 0.1) is 0 Å². The summed E-state index contributed by atoms with van der Waals surface area (Å²) in [4.78, 5) is 5.00. The van der Waals surface area contributed by atoms with Gasteiger partial charge in [-0.2, -0.15) is 0 Å². The lowest BCUT2D eigenvalue weighted by atomic mass is 10.0. The standard InChI is InChI=1S/C21H29N3/c1-18-7-6-8-19(15-18)16-22-21(20-9-4-3-5-10-20)17-24-13-11-23(2)12-14-24/h3-10,15,21-22H,11-14,16-17H2,1-2H3. The molecule has 128 valence electrons. The van der Waals surface area contributed by atoms with Gasteiger partial charge in [0, 0.05) is 45.3 Å². The topological polar surface area (TPSA) is 18.5 Å². The summed E-state index contributed by atoms with van der Waals surface area (Å²) < 4.78 is 0. The Hall–Kier alpha value is -1.68. The molecule has 2 aromatic rings. The molecule has 1 aliphatic rings. The van der Waals surface area contributed by atoms with E-state index in [1.54, 1.807) is 0 Å². The van der Waals surface area contributed by atoms with E-state index in [1.807, 2.05) is 0 Å². The molecule has 3 heteroatoms. The number of hydrogen-bond donors (Lipinski definition) is 1. The van der Waals surface area contributed by atoms with Gasteiger partial charge < -0.3 is 10.2 Å². The van der Waals surface area contributed by atoms with Gasteiger partial charge in [-0.1, -0.05) is 60.2 Å². The lowest BCUT2D eigenvalue weighted by Gasteiger charge is -2.35. The van der Waals surface area contributed by atoms with Crippen LogP contribution >= 0.6 is 0 Å². The van der Waals surface area contributed by atoms with E-state index in [-0.39, 0.29) is 0 Å². The van der Waals surface area contributed by atoms with Crippen LogP contribution in [0.25, 0.3) is 0 Å². The molecule has 1 unspecified atom stereocenters. The molecular formula is C21H29N3. The number of likely N-dealkylation sites (N-methyl/N-ethyl adjacent to an activating group) is 1. The molecule has 24 heavy (non-hydrogen) atoms. The molecule has 1 saturated heterocycles. The summed E-state index contributed by atoms with van der Waals surface area (Å²) in [6.07, 6.45) is 0. The normalized spacial score (nSPS) is 17.8. The monoisotopic (exact) mass is 323 g/mol. The Bertz CT molecular complexity index is 618. The zero-order valence-electron chi connectivity index (χ0n) is 14.9. The van der Waals surface area contributed by atoms with E-state index in [1.165, 1.54) is 29.8 Å². The molecule has 3 nitrogen and oxygen atoms in total. The maximum absolute atomic E-state index is 3.78. The van der Waals surface area contributed by atoms with E-state index in [0.717, 1.165) is 26.2 Å². The number of benzene rings is 2. The van der Waals surface area contributed by atoms with Crippen molar-refractivity contribution < 1.29 is 0 Å². The molecule has 1 atom stereocenters. The molecule has 1 fully saturated rings. The SMILES string of the molecule is Cc1cccc(CNC(CN2CCN(C)CC2)c2ccccc2)c1. The molecule has 0 amide bonds. The van der Waals surface area contributed by atoms with Crippen LogP contribution in [0.1, 0.15) is 22.7 Å². The van der Waals surface area contributed by atoms with Gasteiger partial charge in [-0.25, -0.2) is 0 Å². The molecule has 0 aromatic heterocycles. The van der Waals surface area contributed by atoms with E-state index in [0.29, 0.717) is 6.04 Å². The van der Waals surface area contributed by atoms with Crippen molar-refractivity contribution in [2.24, 2.45) is 0 Å². The van der Waals surface area contributed by atoms with Crippen LogP contribution in [0.3, 0.4) is 0 Å². The fourth-order valence-electron chi connectivity index (χ4n) is 3.32. The minimum absolute atomic E-state index is 0.370. The first-order valence-corrected chi connectivity index (χ1v) is 8.95. The Morgan fingerprint density at radius 2 is 1.71 bits per heavy atom. The van der Waals surface area contributed by atoms with E-state index >= 15 is 0 Å². The van der Waals surface area contributed by atoms with Gasteiger partial charge in [-0.3, -0.25) is 4.90 Å². The minimum Gasteiger partial charge on any atom is -0.305 e. The first-order valence-electron chi connectivity index (χ1n) is 8.95. The third kappa shape index (κ3) is 4.91. The average molecular weight is 323 g/mol. The lowest BCUT2D eigenvalue weighted by Crippen LogP contribution is -2.47. The number of piperazine rings is 1. The van der Waals surface area contributed by atoms with Gasteiger partial charge in [-0.15, -0.1) is 0 Å². The Morgan fingerprint density at radius 1 is 0.958 bits per heavy atom. The quantitative estimate of drug-likeness (QED) is 0.881. The Labute approximate surface area is 146 Å². The largest absolute Gasteiger partial charge is 0.305 e. The maximum atomic E-state index is 3.78. The molecule has 1 aliphatic heterocycles. The molecule has 0 spiro atoms. The van der Waals surface area contributed by atoms with Crippen molar-refractivity contribution in [2.75, 3.05) is 39.8 Å². The number of nitrogens with zero attached hydrogens (tertiary/aromatic N) is 2. The van der Waals surface area contributed by atoms with E-state index in [2.05, 4.69) is 83.7 Å². The first-order chi connectivity index (χ1) is 11.7. The first kappa shape index (κ1) is 17.2. The highest BCUT2D eigenvalue weighted by atomic mass is 15.3. The molecule has 0 radical (unpaired) electrons. The molecule has 3 rings (SSSR count). The van der Waals surface area contributed by atoms with Crippen LogP contribution in [0.15, 0.2) is 54.6 Å². The van der Waals surface area contributed by atoms with Crippen LogP contribution < -0.4 is 5.32 Å². The van der Waals surface area contributed by atoms with Crippen molar-refractivity contribution in [3.8, 4) is 0 Å². The van der Waals surface area contributed by atoms with Gasteiger partial charge in [-0.05, 0) is 25.1 Å². The summed E-state index contributed by atoms with van der Waals surface area (Å²) in [5, 5.41) is 3.78. The van der Waals surface area contributed by atoms with Crippen molar-refractivity contribution in [3.63, 3.8) is 0 Å². The van der Waals surface area contributed by atoms with Crippen molar-refractivity contribution in [3.05, 3.63) is 71.3 Å². The zero-order chi connectivity index (χ0) is 16.8. The van der Waals surface area contributed by atoms with Gasteiger partial charge >= 0.3 is 0 Å². The molecular weight excluding hydrogens is 294 g/mol. The zero-order valence-corrected chi connectivity index (χ0v) is 14.9. The Kier molecular flexibility index (Phi) is 6.02. The number of nitrogens with one attached hydrogen (secondary N) is 1. The van der Waals surface area contributed by atoms with Gasteiger partial charge in [0.25, 0.3) is 0 Å². The van der Waals surface area contributed by atoms with Gasteiger partial charge in [0.1, 0.15) is 0 Å². The molecule has 0 bridgehead atoms. The fraction of sp³-hybridized carbons (Fsp3) is 0.429. The maximum Gasteiger partial charge on any atom is 0.0451 e. The van der Waals surface area contributed by atoms with Crippen molar-refractivity contribution in [2.45, 2.75) is 19.5 Å². The highest BCUT2D eigenvalue weighted by Gasteiger charge is 2.19. The van der Waals surface area contributed by atoms with Crippen LogP contribution in [0.4, 0.5) is 0 Å². The van der Waals surface area contributed by atoms with Gasteiger partial charge in [0.2, 0.25) is 0 Å². The second-order valence-corrected chi connectivity index (χ2v) is 6.94. The predicted molar refractivity (Wildman–Crippen MR) is 101 cm³/mol. The fourth-order valence-corrected chi connectivity index (χ4v) is 3.32. The summed E-state index contributed by atoms with van der Waals surface area (Å²) >= 11 is 0. The van der Waals surface area contributed by atoms with E-state index in [9.17, 15) is 0 Å². The third-order valence-electron chi connectivity index (χ3n) is 4.87. The Balaban J connectivity index is 1.66. The van der Waals surface area contributed by atoms with Gasteiger partial charge in [0.15, 0.2) is 0 Å². The average Bonchev–Trinajstić information content (AvgIpc) is 2.61. The number of hydrogen-bond acceptors (Lipinski definition) is 3. The minimum atomic E-state index is 0.370. The number of rotatable bonds is 6. The molecule has 2 aromatic carbocycles. The summed E-state index contributed by atoms with van der Waals surface area (Å²) in [6, 6.07) is 20.0. The molecule has 0 aliphatic carbocycles. The van der Waals surface area contributed by atoms with E-state index < -0.39 is 0 Å². The van der Waals surface area contributed by atoms with E-state index in [4.69, 9.17) is 0 Å². The van der Waals surface area contributed by atoms with Crippen LogP contribution in [0.2, 0.25) is 0 Å². The van der Waals surface area contributed by atoms with Crippen LogP contribution in [-0.4, -0.2) is 49.6 Å². The highest BCUT2D eigenvalue weighted by molar-refractivity contribution is 5.23. The summed E-state index contributed by atoms with van der Waals surface area (Å²) in [5.74, 6) is 0. The molecule has 1 N–H and O–H groups in total. The van der Waals surface area contributed by atoms with Crippen LogP contribution in [0.5, 0.6) is 0 Å². The third-order valence-corrected chi connectivity index (χ3v) is 4.87. The number of aryl methyl sites for hydroxylation is 1. The molecule has 1 heterocycles. The predicted octanol–water partition coefficient (Wildman–Crippen LogP) is 3.07. The van der Waals surface area contributed by atoms with Crippen molar-refractivity contribution >= 4 is 0 Å². The van der Waals surface area contributed by atoms with Crippen LogP contribution in [-0.2, 0) is 6.54 Å². The van der Waals surface area contributed by atoms with Crippen molar-refractivity contribution in [1.29, 1.82) is 0 Å². The molecule has 0 saturated carbocycles. The Morgan fingerprint density at radius 3 is 2.42 bits per heavy atom. The van der Waals surface area contributed by atoms with Crippen molar-refractivity contribution in [1.82, 2.24) is 15.1 Å². The summed E-state index contributed by atoms with van der Waals surface area (Å²) in [7, 11) is 2.21. The van der Waals surface area contributed by atoms with Crippen LogP contribution in [0, 0.1) is 6.92 Å². The second-order valence-electron chi connectivity index (χ2n) is 6.94.